The number of carbonyl (C=O) groups is 1. The zero-order valence-electron chi connectivity index (χ0n) is 9.30. The molecule has 0 spiro atoms. The van der Waals surface area contributed by atoms with Gasteiger partial charge in [-0.1, -0.05) is 0 Å². The number of aliphatic carboxylic acids is 1. The lowest BCUT2D eigenvalue weighted by Gasteiger charge is -2.12. The van der Waals surface area contributed by atoms with Crippen LogP contribution in [0.3, 0.4) is 0 Å². The van der Waals surface area contributed by atoms with Gasteiger partial charge in [0.2, 0.25) is 0 Å². The van der Waals surface area contributed by atoms with Crippen LogP contribution in [-0.4, -0.2) is 29.6 Å². The predicted octanol–water partition coefficient (Wildman–Crippen LogP) is 0.198. The number of hydrogen-bond donors (Lipinski definition) is 4. The van der Waals surface area contributed by atoms with Gasteiger partial charge in [-0.2, -0.15) is 0 Å². The highest BCUT2D eigenvalue weighted by molar-refractivity contribution is 5.76. The fourth-order valence-electron chi connectivity index (χ4n) is 1.29. The summed E-state index contributed by atoms with van der Waals surface area (Å²) in [7, 11) is 0. The minimum Gasteiger partial charge on any atom is -0.480 e. The first-order valence-electron chi connectivity index (χ1n) is 5.18. The minimum atomic E-state index is -0.939. The lowest BCUT2D eigenvalue weighted by atomic mass is 10.1. The van der Waals surface area contributed by atoms with Crippen LogP contribution in [0.1, 0.15) is 12.8 Å². The molecule has 6 N–H and O–H groups in total. The lowest BCUT2D eigenvalue weighted by molar-refractivity contribution is -0.138. The molecule has 0 aliphatic heterocycles. The number of nitrogens with zero attached hydrogens (tertiary/aromatic N) is 1. The Bertz CT molecular complexity index is 371. The third-order valence-electron chi connectivity index (χ3n) is 2.08. The van der Waals surface area contributed by atoms with Gasteiger partial charge in [0.05, 0.1) is 6.26 Å². The van der Waals surface area contributed by atoms with Crippen LogP contribution < -0.4 is 16.8 Å². The monoisotopic (exact) mass is 240 g/mol. The van der Waals surface area contributed by atoms with Gasteiger partial charge < -0.3 is 26.3 Å². The largest absolute Gasteiger partial charge is 0.480 e. The van der Waals surface area contributed by atoms with Crippen LogP contribution in [-0.2, 0) is 4.79 Å². The van der Waals surface area contributed by atoms with E-state index < -0.39 is 12.0 Å². The van der Waals surface area contributed by atoms with Crippen molar-refractivity contribution < 1.29 is 14.3 Å². The molecule has 1 aromatic rings. The Kier molecular flexibility index (Phi) is 4.86. The second kappa shape index (κ2) is 6.41. The summed E-state index contributed by atoms with van der Waals surface area (Å²) in [5, 5.41) is 11.8. The Hall–Kier alpha value is -2.18. The molecule has 94 valence electrons. The van der Waals surface area contributed by atoms with E-state index in [1.54, 1.807) is 12.1 Å². The van der Waals surface area contributed by atoms with Gasteiger partial charge in [-0.25, -0.2) is 4.79 Å². The molecule has 0 bridgehead atoms. The molecular formula is C10H16N4O3. The number of nitrogens with two attached hydrogens (primary N) is 2. The van der Waals surface area contributed by atoms with Gasteiger partial charge in [-0.15, -0.1) is 0 Å². The maximum Gasteiger partial charge on any atom is 0.326 e. The number of carboxylic acid groups (broad SMARTS) is 1. The number of carboxylic acids is 1. The molecule has 7 nitrogen and oxygen atoms in total. The number of furan rings is 1. The molecule has 0 amide bonds. The highest BCUT2D eigenvalue weighted by atomic mass is 16.4. The molecular weight excluding hydrogens is 224 g/mol. The number of anilines is 1. The smallest absolute Gasteiger partial charge is 0.326 e. The van der Waals surface area contributed by atoms with Crippen LogP contribution >= 0.6 is 0 Å². The molecule has 7 heteroatoms. The van der Waals surface area contributed by atoms with Crippen molar-refractivity contribution in [3.8, 4) is 0 Å². The van der Waals surface area contributed by atoms with E-state index in [4.69, 9.17) is 21.0 Å². The van der Waals surface area contributed by atoms with Crippen molar-refractivity contribution in [2.45, 2.75) is 18.9 Å². The fraction of sp³-hybridized carbons (Fsp3) is 0.400. The van der Waals surface area contributed by atoms with E-state index in [9.17, 15) is 4.79 Å². The zero-order chi connectivity index (χ0) is 12.7. The standard InChI is InChI=1S/C10H16N4O3/c11-10(12)13-5-1-3-7(9(15)16)14-8-4-2-6-17-8/h2,4,6-7,14H,1,3,5H2,(H,15,16)(H4,11,12,13)/t7-/m0/s1. The Morgan fingerprint density at radius 3 is 2.88 bits per heavy atom. The van der Waals surface area contributed by atoms with Crippen LogP contribution in [0.25, 0.3) is 0 Å². The molecule has 0 aliphatic rings. The quantitative estimate of drug-likeness (QED) is 0.306. The van der Waals surface area contributed by atoms with E-state index in [-0.39, 0.29) is 5.96 Å². The van der Waals surface area contributed by atoms with Crippen LogP contribution in [0.5, 0.6) is 0 Å². The predicted molar refractivity (Wildman–Crippen MR) is 63.7 cm³/mol. The van der Waals surface area contributed by atoms with Crippen LogP contribution in [0, 0.1) is 0 Å². The summed E-state index contributed by atoms with van der Waals surface area (Å²) in [6.07, 6.45) is 2.45. The Morgan fingerprint density at radius 2 is 2.35 bits per heavy atom. The molecule has 1 heterocycles. The van der Waals surface area contributed by atoms with Gasteiger partial charge in [0, 0.05) is 12.6 Å². The molecule has 0 radical (unpaired) electrons. The molecule has 17 heavy (non-hydrogen) atoms. The maximum atomic E-state index is 11.0. The van der Waals surface area contributed by atoms with Crippen molar-refractivity contribution in [3.05, 3.63) is 18.4 Å². The average molecular weight is 240 g/mol. The fourth-order valence-corrected chi connectivity index (χ4v) is 1.29. The molecule has 0 fully saturated rings. The van der Waals surface area contributed by atoms with Gasteiger partial charge in [-0.05, 0) is 18.9 Å². The Morgan fingerprint density at radius 1 is 1.59 bits per heavy atom. The van der Waals surface area contributed by atoms with Crippen molar-refractivity contribution in [1.82, 2.24) is 0 Å². The van der Waals surface area contributed by atoms with Gasteiger partial charge in [-0.3, -0.25) is 4.99 Å². The zero-order valence-corrected chi connectivity index (χ0v) is 9.30. The molecule has 0 saturated heterocycles. The normalized spacial score (nSPS) is 11.8. The molecule has 1 aromatic heterocycles. The van der Waals surface area contributed by atoms with E-state index in [1.807, 2.05) is 0 Å². The second-order valence-corrected chi connectivity index (χ2v) is 3.46. The lowest BCUT2D eigenvalue weighted by Crippen LogP contribution is -2.29. The molecule has 1 rings (SSSR count). The van der Waals surface area contributed by atoms with Gasteiger partial charge in [0.15, 0.2) is 11.8 Å². The van der Waals surface area contributed by atoms with E-state index >= 15 is 0 Å². The molecule has 0 saturated carbocycles. The van der Waals surface area contributed by atoms with Crippen LogP contribution in [0.4, 0.5) is 5.88 Å². The van der Waals surface area contributed by atoms with Crippen molar-refractivity contribution in [2.75, 3.05) is 11.9 Å². The van der Waals surface area contributed by atoms with E-state index in [0.717, 1.165) is 0 Å². The summed E-state index contributed by atoms with van der Waals surface area (Å²) in [5.74, 6) is -0.499. The first kappa shape index (κ1) is 12.9. The highest BCUT2D eigenvalue weighted by Gasteiger charge is 2.17. The van der Waals surface area contributed by atoms with Crippen molar-refractivity contribution in [1.29, 1.82) is 0 Å². The highest BCUT2D eigenvalue weighted by Crippen LogP contribution is 2.11. The average Bonchev–Trinajstić information content (AvgIpc) is 2.74. The Labute approximate surface area is 98.5 Å². The maximum absolute atomic E-state index is 11.0. The van der Waals surface area contributed by atoms with E-state index in [2.05, 4.69) is 10.3 Å². The molecule has 0 aliphatic carbocycles. The molecule has 1 atom stereocenters. The Balaban J connectivity index is 2.39. The summed E-state index contributed by atoms with van der Waals surface area (Å²) < 4.78 is 5.02. The third-order valence-corrected chi connectivity index (χ3v) is 2.08. The van der Waals surface area contributed by atoms with Crippen molar-refractivity contribution in [2.24, 2.45) is 16.5 Å². The number of guanidine groups is 1. The molecule has 0 unspecified atom stereocenters. The minimum absolute atomic E-state index is 0.0101. The van der Waals surface area contributed by atoms with Crippen molar-refractivity contribution in [3.63, 3.8) is 0 Å². The molecule has 0 aromatic carbocycles. The number of rotatable bonds is 7. The van der Waals surface area contributed by atoms with Crippen LogP contribution in [0.2, 0.25) is 0 Å². The first-order valence-corrected chi connectivity index (χ1v) is 5.18. The van der Waals surface area contributed by atoms with Gasteiger partial charge >= 0.3 is 5.97 Å². The van der Waals surface area contributed by atoms with Gasteiger partial charge in [0.1, 0.15) is 6.04 Å². The summed E-state index contributed by atoms with van der Waals surface area (Å²) >= 11 is 0. The SMILES string of the molecule is NC(N)=NCCC[C@H](Nc1ccco1)C(=O)O. The van der Waals surface area contributed by atoms with Crippen LogP contribution in [0.15, 0.2) is 27.8 Å². The summed E-state index contributed by atoms with van der Waals surface area (Å²) in [5.41, 5.74) is 10.3. The number of hydrogen-bond acceptors (Lipinski definition) is 4. The second-order valence-electron chi connectivity index (χ2n) is 3.46. The van der Waals surface area contributed by atoms with Crippen molar-refractivity contribution >= 4 is 17.8 Å². The number of nitrogens with one attached hydrogen (secondary N) is 1. The third kappa shape index (κ3) is 4.92. The first-order chi connectivity index (χ1) is 8.09. The topological polar surface area (TPSA) is 127 Å². The van der Waals surface area contributed by atoms with E-state index in [1.165, 1.54) is 6.26 Å². The summed E-state index contributed by atoms with van der Waals surface area (Å²) in [4.78, 5) is 14.7. The van der Waals surface area contributed by atoms with Gasteiger partial charge in [0.25, 0.3) is 0 Å². The summed E-state index contributed by atoms with van der Waals surface area (Å²) in [6.45, 7) is 0.409. The van der Waals surface area contributed by atoms with E-state index in [0.29, 0.717) is 25.3 Å². The summed E-state index contributed by atoms with van der Waals surface area (Å²) in [6, 6.07) is 2.63. The number of aliphatic imine (C=N–C) groups is 1.